The molecule has 0 radical (unpaired) electrons. The average Bonchev–Trinajstić information content (AvgIpc) is 3.60. The first-order valence-electron chi connectivity index (χ1n) is 18.7. The van der Waals surface area contributed by atoms with Crippen LogP contribution in [0.2, 0.25) is 0 Å². The van der Waals surface area contributed by atoms with Crippen LogP contribution in [0.5, 0.6) is 0 Å². The van der Waals surface area contributed by atoms with Crippen LogP contribution in [0.25, 0.3) is 21.3 Å². The lowest BCUT2D eigenvalue weighted by molar-refractivity contribution is -0.275. The number of aromatic amines is 1. The summed E-state index contributed by atoms with van der Waals surface area (Å²) in [4.78, 5) is 18.8. The standard InChI is InChI=1S/C45H44N4O7/c46-49-48-38(45(50)51)25-36-35-23-13-14-24-37(35)47-40(36)42-44(55-29-34-21-11-4-12-22-34)43(54-28-33-19-9-3-10-20-33)41(53-27-32-17-7-2-8-18-32)39(56-42)30-52-26-31-15-5-1-6-16-31/h1-24,38-39,41-44,47H,25-30H2,(H,50,51)/t38-,39+,41+,42+,43-,44+/m0/s1. The van der Waals surface area contributed by atoms with Crippen molar-refractivity contribution in [2.24, 2.45) is 5.11 Å². The number of hydrogen-bond acceptors (Lipinski definition) is 7. The Balaban J connectivity index is 1.33. The average molecular weight is 753 g/mol. The minimum Gasteiger partial charge on any atom is -0.481 e. The van der Waals surface area contributed by atoms with Crippen LogP contribution in [-0.4, -0.2) is 53.1 Å². The van der Waals surface area contributed by atoms with E-state index in [0.29, 0.717) is 17.9 Å². The number of rotatable bonds is 18. The van der Waals surface area contributed by atoms with Crippen molar-refractivity contribution >= 4 is 16.9 Å². The number of H-pyrrole nitrogens is 1. The van der Waals surface area contributed by atoms with Crippen LogP contribution < -0.4 is 0 Å². The van der Waals surface area contributed by atoms with Gasteiger partial charge < -0.3 is 33.8 Å². The number of aliphatic carboxylic acids is 1. The molecule has 11 nitrogen and oxygen atoms in total. The van der Waals surface area contributed by atoms with Crippen molar-refractivity contribution in [2.45, 2.75) is 69.4 Å². The fraction of sp³-hybridized carbons (Fsp3) is 0.267. The highest BCUT2D eigenvalue weighted by molar-refractivity contribution is 5.86. The summed E-state index contributed by atoms with van der Waals surface area (Å²) in [7, 11) is 0. The number of fused-ring (bicyclic) bond motifs is 1. The van der Waals surface area contributed by atoms with E-state index in [1.165, 1.54) is 0 Å². The molecular formula is C45H44N4O7. The zero-order chi connectivity index (χ0) is 38.5. The van der Waals surface area contributed by atoms with Crippen LogP contribution in [0.3, 0.4) is 0 Å². The topological polar surface area (TPSA) is 148 Å². The fourth-order valence-electron chi connectivity index (χ4n) is 7.14. The Morgan fingerprint density at radius 3 is 1.70 bits per heavy atom. The largest absolute Gasteiger partial charge is 0.481 e. The fourth-order valence-corrected chi connectivity index (χ4v) is 7.14. The van der Waals surface area contributed by atoms with Gasteiger partial charge in [-0.3, -0.25) is 4.79 Å². The van der Waals surface area contributed by atoms with Crippen molar-refractivity contribution in [3.63, 3.8) is 0 Å². The lowest BCUT2D eigenvalue weighted by atomic mass is 9.89. The van der Waals surface area contributed by atoms with E-state index >= 15 is 0 Å². The Morgan fingerprint density at radius 2 is 1.16 bits per heavy atom. The molecule has 11 heteroatoms. The highest BCUT2D eigenvalue weighted by Crippen LogP contribution is 2.41. The number of carboxylic acid groups (broad SMARTS) is 1. The van der Waals surface area contributed by atoms with Gasteiger partial charge in [0.2, 0.25) is 0 Å². The summed E-state index contributed by atoms with van der Waals surface area (Å²) in [6, 6.07) is 45.9. The Morgan fingerprint density at radius 1 is 0.679 bits per heavy atom. The van der Waals surface area contributed by atoms with Gasteiger partial charge in [-0.15, -0.1) is 0 Å². The van der Waals surface area contributed by atoms with Crippen LogP contribution in [0.1, 0.15) is 39.6 Å². The van der Waals surface area contributed by atoms with Crippen LogP contribution in [0.4, 0.5) is 0 Å². The van der Waals surface area contributed by atoms with E-state index in [2.05, 4.69) is 15.0 Å². The number of nitrogens with one attached hydrogen (secondary N) is 1. The molecule has 0 bridgehead atoms. The molecule has 1 aliphatic heterocycles. The molecular weight excluding hydrogens is 709 g/mol. The lowest BCUT2D eigenvalue weighted by Crippen LogP contribution is -2.58. The molecule has 7 rings (SSSR count). The summed E-state index contributed by atoms with van der Waals surface area (Å²) in [5.41, 5.74) is 15.3. The third-order valence-electron chi connectivity index (χ3n) is 9.89. The molecule has 6 aromatic rings. The van der Waals surface area contributed by atoms with Crippen molar-refractivity contribution in [3.8, 4) is 0 Å². The summed E-state index contributed by atoms with van der Waals surface area (Å²) in [6.07, 6.45) is -3.67. The maximum atomic E-state index is 12.4. The Bertz CT molecular complexity index is 2180. The van der Waals surface area contributed by atoms with Crippen molar-refractivity contribution in [1.29, 1.82) is 0 Å². The molecule has 56 heavy (non-hydrogen) atoms. The monoisotopic (exact) mass is 752 g/mol. The molecule has 1 fully saturated rings. The maximum absolute atomic E-state index is 12.4. The van der Waals surface area contributed by atoms with Gasteiger partial charge in [0.15, 0.2) is 0 Å². The molecule has 0 aliphatic carbocycles. The Kier molecular flexibility index (Phi) is 13.2. The first-order chi connectivity index (χ1) is 27.6. The van der Waals surface area contributed by atoms with Crippen molar-refractivity contribution in [1.82, 2.24) is 4.98 Å². The smallest absolute Gasteiger partial charge is 0.312 e. The molecule has 286 valence electrons. The van der Waals surface area contributed by atoms with E-state index in [-0.39, 0.29) is 32.8 Å². The molecule has 1 aromatic heterocycles. The van der Waals surface area contributed by atoms with Crippen LogP contribution in [-0.2, 0) is 61.3 Å². The maximum Gasteiger partial charge on any atom is 0.312 e. The number of carbonyl (C=O) groups is 1. The number of benzene rings is 5. The predicted molar refractivity (Wildman–Crippen MR) is 211 cm³/mol. The van der Waals surface area contributed by atoms with E-state index in [0.717, 1.165) is 33.2 Å². The van der Waals surface area contributed by atoms with Crippen molar-refractivity contribution in [2.75, 3.05) is 6.61 Å². The van der Waals surface area contributed by atoms with E-state index in [1.807, 2.05) is 146 Å². The molecule has 0 unspecified atom stereocenters. The second-order valence-corrected chi connectivity index (χ2v) is 13.7. The van der Waals surface area contributed by atoms with Gasteiger partial charge in [-0.1, -0.05) is 145 Å². The first kappa shape index (κ1) is 38.5. The number of azide groups is 1. The zero-order valence-electron chi connectivity index (χ0n) is 30.8. The number of hydrogen-bond donors (Lipinski definition) is 2. The number of nitrogens with zero attached hydrogens (tertiary/aromatic N) is 3. The molecule has 5 aromatic carbocycles. The molecule has 2 heterocycles. The predicted octanol–water partition coefficient (Wildman–Crippen LogP) is 8.89. The summed E-state index contributed by atoms with van der Waals surface area (Å²) in [5, 5.41) is 14.5. The second kappa shape index (κ2) is 19.2. The molecule has 6 atom stereocenters. The number of ether oxygens (including phenoxy) is 5. The highest BCUT2D eigenvalue weighted by atomic mass is 16.6. The normalized spacial score (nSPS) is 20.0. The number of para-hydroxylation sites is 1. The third-order valence-corrected chi connectivity index (χ3v) is 9.89. The van der Waals surface area contributed by atoms with Gasteiger partial charge in [0.05, 0.1) is 38.7 Å². The highest BCUT2D eigenvalue weighted by Gasteiger charge is 2.50. The quantitative estimate of drug-likeness (QED) is 0.0506. The van der Waals surface area contributed by atoms with Gasteiger partial charge in [0, 0.05) is 15.8 Å². The minimum absolute atomic E-state index is 0.0807. The SMILES string of the molecule is [N-]=[N+]=N[C@@H](Cc1c([C@H]2O[C@H](COCc3ccccc3)[C@@H](OCc3ccccc3)[C@H](OCc3ccccc3)[C@@H]2OCc2ccccc2)[nH]c2ccccc12)C(=O)O. The van der Waals surface area contributed by atoms with Crippen LogP contribution >= 0.6 is 0 Å². The van der Waals surface area contributed by atoms with E-state index < -0.39 is 42.5 Å². The molecule has 0 saturated carbocycles. The molecule has 1 saturated heterocycles. The summed E-state index contributed by atoms with van der Waals surface area (Å²) in [5.74, 6) is -1.23. The van der Waals surface area contributed by atoms with Gasteiger partial charge in [-0.2, -0.15) is 0 Å². The molecule has 2 N–H and O–H groups in total. The summed E-state index contributed by atoms with van der Waals surface area (Å²) >= 11 is 0. The molecule has 0 spiro atoms. The van der Waals surface area contributed by atoms with Gasteiger partial charge in [-0.25, -0.2) is 0 Å². The van der Waals surface area contributed by atoms with E-state index in [9.17, 15) is 15.4 Å². The Labute approximate surface area is 325 Å². The van der Waals surface area contributed by atoms with Crippen LogP contribution in [0, 0.1) is 0 Å². The summed E-state index contributed by atoms with van der Waals surface area (Å²) < 4.78 is 34.2. The lowest BCUT2D eigenvalue weighted by Gasteiger charge is -2.46. The first-order valence-corrected chi connectivity index (χ1v) is 18.7. The van der Waals surface area contributed by atoms with E-state index in [1.54, 1.807) is 0 Å². The molecule has 0 amide bonds. The summed E-state index contributed by atoms with van der Waals surface area (Å²) in [6.45, 7) is 1.31. The Hall–Kier alpha value is -5.78. The number of aromatic nitrogens is 1. The molecule has 1 aliphatic rings. The minimum atomic E-state index is -1.36. The van der Waals surface area contributed by atoms with Gasteiger partial charge >= 0.3 is 5.97 Å². The van der Waals surface area contributed by atoms with Gasteiger partial charge in [0.25, 0.3) is 0 Å². The van der Waals surface area contributed by atoms with E-state index in [4.69, 9.17) is 23.7 Å². The van der Waals surface area contributed by atoms with Crippen molar-refractivity contribution in [3.05, 3.63) is 190 Å². The van der Waals surface area contributed by atoms with Gasteiger partial charge in [-0.05, 0) is 45.8 Å². The third kappa shape index (κ3) is 9.71. The van der Waals surface area contributed by atoms with Crippen molar-refractivity contribution < 1.29 is 33.6 Å². The number of carboxylic acids is 1. The van der Waals surface area contributed by atoms with Gasteiger partial charge in [0.1, 0.15) is 36.6 Å². The zero-order valence-corrected chi connectivity index (χ0v) is 30.8. The van der Waals surface area contributed by atoms with Crippen LogP contribution in [0.15, 0.2) is 151 Å². The second-order valence-electron chi connectivity index (χ2n) is 13.7.